The van der Waals surface area contributed by atoms with Crippen molar-refractivity contribution < 1.29 is 4.79 Å². The van der Waals surface area contributed by atoms with Crippen LogP contribution in [-0.4, -0.2) is 15.5 Å². The van der Waals surface area contributed by atoms with Gasteiger partial charge in [-0.2, -0.15) is 0 Å². The first kappa shape index (κ1) is 16.3. The summed E-state index contributed by atoms with van der Waals surface area (Å²) in [6.07, 6.45) is 1.44. The zero-order valence-corrected chi connectivity index (χ0v) is 14.3. The lowest BCUT2D eigenvalue weighted by molar-refractivity contribution is 0.0939. The van der Waals surface area contributed by atoms with E-state index in [9.17, 15) is 4.79 Å². The number of nitrogens with one attached hydrogen (secondary N) is 1. The van der Waals surface area contributed by atoms with E-state index >= 15 is 0 Å². The largest absolute Gasteiger partial charge is 0.344 e. The van der Waals surface area contributed by atoms with Gasteiger partial charge in [0.05, 0.1) is 11.7 Å². The van der Waals surface area contributed by atoms with Crippen molar-refractivity contribution in [1.29, 1.82) is 0 Å². The maximum absolute atomic E-state index is 12.7. The third-order valence-electron chi connectivity index (χ3n) is 3.89. The van der Waals surface area contributed by atoms with Crippen LogP contribution >= 0.6 is 11.5 Å². The van der Waals surface area contributed by atoms with Gasteiger partial charge in [-0.3, -0.25) is 4.79 Å². The molecule has 0 fully saturated rings. The second kappa shape index (κ2) is 7.84. The summed E-state index contributed by atoms with van der Waals surface area (Å²) in [5, 5.41) is 7.18. The highest BCUT2D eigenvalue weighted by atomic mass is 32.1. The van der Waals surface area contributed by atoms with E-state index in [4.69, 9.17) is 0 Å². The number of nitrogens with zero attached hydrogens (tertiary/aromatic N) is 2. The second-order valence-corrected chi connectivity index (χ2v) is 6.28. The van der Waals surface area contributed by atoms with Crippen LogP contribution in [0.4, 0.5) is 0 Å². The Morgan fingerprint density at radius 2 is 1.75 bits per heavy atom. The average molecular weight is 337 g/mol. The van der Waals surface area contributed by atoms with Gasteiger partial charge >= 0.3 is 0 Å². The van der Waals surface area contributed by atoms with Gasteiger partial charge in [0, 0.05) is 0 Å². The van der Waals surface area contributed by atoms with Crippen LogP contribution in [0.3, 0.4) is 0 Å². The number of aromatic nitrogens is 2. The number of benzene rings is 2. The first-order valence-electron chi connectivity index (χ1n) is 7.99. The maximum atomic E-state index is 12.7. The SMILES string of the molecule is CCc1nnsc1C(=O)NC(Cc1ccccc1)c1ccccc1. The van der Waals surface area contributed by atoms with Crippen molar-refractivity contribution in [2.45, 2.75) is 25.8 Å². The van der Waals surface area contributed by atoms with Gasteiger partial charge in [0.1, 0.15) is 4.88 Å². The predicted molar refractivity (Wildman–Crippen MR) is 96.1 cm³/mol. The van der Waals surface area contributed by atoms with E-state index < -0.39 is 0 Å². The molecular weight excluding hydrogens is 318 g/mol. The molecule has 2 aromatic carbocycles. The van der Waals surface area contributed by atoms with E-state index in [1.54, 1.807) is 0 Å². The number of carbonyl (C=O) groups excluding carboxylic acids is 1. The Bertz CT molecular complexity index is 787. The minimum absolute atomic E-state index is 0.0899. The Kier molecular flexibility index (Phi) is 5.33. The van der Waals surface area contributed by atoms with Crippen molar-refractivity contribution in [3.05, 3.63) is 82.4 Å². The first-order chi connectivity index (χ1) is 11.8. The number of carbonyl (C=O) groups is 1. The van der Waals surface area contributed by atoms with E-state index in [2.05, 4.69) is 27.0 Å². The highest BCUT2D eigenvalue weighted by molar-refractivity contribution is 7.08. The Morgan fingerprint density at radius 3 is 2.42 bits per heavy atom. The van der Waals surface area contributed by atoms with Crippen molar-refractivity contribution >= 4 is 17.4 Å². The number of amides is 1. The van der Waals surface area contributed by atoms with Gasteiger partial charge < -0.3 is 5.32 Å². The summed E-state index contributed by atoms with van der Waals surface area (Å²) in [6.45, 7) is 1.98. The third kappa shape index (κ3) is 3.86. The monoisotopic (exact) mass is 337 g/mol. The first-order valence-corrected chi connectivity index (χ1v) is 8.76. The van der Waals surface area contributed by atoms with Crippen LogP contribution < -0.4 is 5.32 Å². The Morgan fingerprint density at radius 1 is 1.08 bits per heavy atom. The third-order valence-corrected chi connectivity index (χ3v) is 4.65. The number of hydrogen-bond donors (Lipinski definition) is 1. The summed E-state index contributed by atoms with van der Waals surface area (Å²) < 4.78 is 3.91. The fourth-order valence-corrected chi connectivity index (χ4v) is 3.28. The Balaban J connectivity index is 1.83. The van der Waals surface area contributed by atoms with E-state index in [-0.39, 0.29) is 11.9 Å². The lowest BCUT2D eigenvalue weighted by Gasteiger charge is -2.19. The van der Waals surface area contributed by atoms with Crippen molar-refractivity contribution in [3.8, 4) is 0 Å². The van der Waals surface area contributed by atoms with E-state index in [0.29, 0.717) is 11.3 Å². The second-order valence-electron chi connectivity index (χ2n) is 5.53. The molecule has 1 amide bonds. The molecule has 24 heavy (non-hydrogen) atoms. The van der Waals surface area contributed by atoms with Crippen LogP contribution in [-0.2, 0) is 12.8 Å². The molecule has 4 nitrogen and oxygen atoms in total. The molecule has 1 heterocycles. The molecule has 5 heteroatoms. The normalized spacial score (nSPS) is 11.9. The molecular formula is C19H19N3OS. The predicted octanol–water partition coefficient (Wildman–Crippen LogP) is 3.81. The Labute approximate surface area is 145 Å². The van der Waals surface area contributed by atoms with Crippen LogP contribution in [0.1, 0.15) is 39.5 Å². The minimum atomic E-state index is -0.105. The summed E-state index contributed by atoms with van der Waals surface area (Å²) >= 11 is 1.15. The molecule has 0 aliphatic heterocycles. The van der Waals surface area contributed by atoms with Crippen LogP contribution in [0.5, 0.6) is 0 Å². The standard InChI is InChI=1S/C19H19N3OS/c1-2-16-18(24-22-21-16)19(23)20-17(15-11-7-4-8-12-15)13-14-9-5-3-6-10-14/h3-12,17H,2,13H2,1H3,(H,20,23). The molecule has 0 aliphatic carbocycles. The maximum Gasteiger partial charge on any atom is 0.265 e. The van der Waals surface area contributed by atoms with Gasteiger partial charge in [-0.25, -0.2) is 0 Å². The number of aryl methyl sites for hydroxylation is 1. The van der Waals surface area contributed by atoms with E-state index in [1.165, 1.54) is 5.56 Å². The molecule has 3 rings (SSSR count). The number of rotatable bonds is 6. The van der Waals surface area contributed by atoms with Gasteiger partial charge in [-0.15, -0.1) is 5.10 Å². The summed E-state index contributed by atoms with van der Waals surface area (Å²) in [7, 11) is 0. The van der Waals surface area contributed by atoms with Gasteiger partial charge in [0.25, 0.3) is 5.91 Å². The van der Waals surface area contributed by atoms with Crippen LogP contribution in [0.25, 0.3) is 0 Å². The van der Waals surface area contributed by atoms with Gasteiger partial charge in [0.15, 0.2) is 0 Å². The summed E-state index contributed by atoms with van der Waals surface area (Å²) in [6, 6.07) is 20.1. The summed E-state index contributed by atoms with van der Waals surface area (Å²) in [5.41, 5.74) is 3.03. The van der Waals surface area contributed by atoms with Crippen molar-refractivity contribution in [3.63, 3.8) is 0 Å². The molecule has 0 saturated carbocycles. The molecule has 1 atom stereocenters. The van der Waals surface area contributed by atoms with Crippen molar-refractivity contribution in [2.75, 3.05) is 0 Å². The highest BCUT2D eigenvalue weighted by Crippen LogP contribution is 2.20. The molecule has 1 aromatic heterocycles. The summed E-state index contributed by atoms with van der Waals surface area (Å²) in [5.74, 6) is -0.105. The van der Waals surface area contributed by atoms with E-state index in [1.807, 2.05) is 55.5 Å². The van der Waals surface area contributed by atoms with E-state index in [0.717, 1.165) is 29.2 Å². The van der Waals surface area contributed by atoms with Gasteiger partial charge in [0.2, 0.25) is 0 Å². The molecule has 0 saturated heterocycles. The zero-order chi connectivity index (χ0) is 16.8. The highest BCUT2D eigenvalue weighted by Gasteiger charge is 2.20. The number of hydrogen-bond acceptors (Lipinski definition) is 4. The lowest BCUT2D eigenvalue weighted by atomic mass is 9.98. The summed E-state index contributed by atoms with van der Waals surface area (Å²) in [4.78, 5) is 13.3. The van der Waals surface area contributed by atoms with Crippen molar-refractivity contribution in [1.82, 2.24) is 14.9 Å². The molecule has 0 aliphatic rings. The van der Waals surface area contributed by atoms with Gasteiger partial charge in [-0.1, -0.05) is 72.1 Å². The van der Waals surface area contributed by atoms with Crippen LogP contribution in [0, 0.1) is 0 Å². The molecule has 1 N–H and O–H groups in total. The fraction of sp³-hybridized carbons (Fsp3) is 0.211. The van der Waals surface area contributed by atoms with Crippen LogP contribution in [0.15, 0.2) is 60.7 Å². The molecule has 0 radical (unpaired) electrons. The molecule has 3 aromatic rings. The molecule has 0 spiro atoms. The average Bonchev–Trinajstić information content (AvgIpc) is 3.12. The zero-order valence-electron chi connectivity index (χ0n) is 13.5. The lowest BCUT2D eigenvalue weighted by Crippen LogP contribution is -2.30. The Hall–Kier alpha value is -2.53. The topological polar surface area (TPSA) is 54.9 Å². The van der Waals surface area contributed by atoms with Gasteiger partial charge in [-0.05, 0) is 35.5 Å². The molecule has 1 unspecified atom stereocenters. The molecule has 0 bridgehead atoms. The fourth-order valence-electron chi connectivity index (χ4n) is 2.62. The molecule has 122 valence electrons. The van der Waals surface area contributed by atoms with Crippen LogP contribution in [0.2, 0.25) is 0 Å². The quantitative estimate of drug-likeness (QED) is 0.744. The minimum Gasteiger partial charge on any atom is -0.344 e. The van der Waals surface area contributed by atoms with Crippen molar-refractivity contribution in [2.24, 2.45) is 0 Å². The smallest absolute Gasteiger partial charge is 0.265 e.